The van der Waals surface area contributed by atoms with Crippen molar-refractivity contribution >= 4 is 15.9 Å². The molecule has 1 heterocycles. The van der Waals surface area contributed by atoms with Gasteiger partial charge in [0, 0.05) is 12.1 Å². The van der Waals surface area contributed by atoms with Crippen LogP contribution in [0.2, 0.25) is 0 Å². The number of primary sulfonamides is 1. The average molecular weight is 348 g/mol. The van der Waals surface area contributed by atoms with E-state index in [2.05, 4.69) is 5.32 Å². The van der Waals surface area contributed by atoms with E-state index in [0.717, 1.165) is 5.56 Å². The summed E-state index contributed by atoms with van der Waals surface area (Å²) in [5.41, 5.74) is 1.71. The second-order valence-corrected chi connectivity index (χ2v) is 7.01. The molecule has 0 radical (unpaired) electrons. The molecule has 8 heteroatoms. The van der Waals surface area contributed by atoms with E-state index in [9.17, 15) is 13.2 Å². The minimum Gasteiger partial charge on any atom is -0.454 e. The third-order valence-electron chi connectivity index (χ3n) is 3.53. The lowest BCUT2D eigenvalue weighted by Crippen LogP contribution is -2.23. The van der Waals surface area contributed by atoms with Crippen LogP contribution in [0, 0.1) is 6.92 Å². The van der Waals surface area contributed by atoms with Gasteiger partial charge in [0.2, 0.25) is 16.8 Å². The fraction of sp³-hybridized carbons (Fsp3) is 0.188. The van der Waals surface area contributed by atoms with Crippen molar-refractivity contribution in [3.05, 3.63) is 53.1 Å². The second kappa shape index (κ2) is 6.14. The van der Waals surface area contributed by atoms with Gasteiger partial charge in [-0.2, -0.15) is 0 Å². The maximum atomic E-state index is 12.3. The van der Waals surface area contributed by atoms with Crippen LogP contribution in [-0.4, -0.2) is 21.1 Å². The van der Waals surface area contributed by atoms with Gasteiger partial charge in [0.05, 0.1) is 4.90 Å². The van der Waals surface area contributed by atoms with Crippen molar-refractivity contribution in [2.24, 2.45) is 5.14 Å². The monoisotopic (exact) mass is 348 g/mol. The minimum atomic E-state index is -3.87. The van der Waals surface area contributed by atoms with Gasteiger partial charge in [-0.3, -0.25) is 4.79 Å². The summed E-state index contributed by atoms with van der Waals surface area (Å²) in [7, 11) is -3.87. The summed E-state index contributed by atoms with van der Waals surface area (Å²) >= 11 is 0. The Morgan fingerprint density at radius 3 is 2.67 bits per heavy atom. The third kappa shape index (κ3) is 3.50. The zero-order valence-corrected chi connectivity index (χ0v) is 13.7. The van der Waals surface area contributed by atoms with Gasteiger partial charge in [0.1, 0.15) is 0 Å². The van der Waals surface area contributed by atoms with E-state index >= 15 is 0 Å². The third-order valence-corrected chi connectivity index (χ3v) is 4.42. The van der Waals surface area contributed by atoms with Gasteiger partial charge in [-0.15, -0.1) is 0 Å². The summed E-state index contributed by atoms with van der Waals surface area (Å²) in [5.74, 6) is 0.914. The molecule has 0 unspecified atom stereocenters. The number of nitrogens with two attached hydrogens (primary N) is 1. The van der Waals surface area contributed by atoms with E-state index in [-0.39, 0.29) is 29.7 Å². The number of fused-ring (bicyclic) bond motifs is 1. The van der Waals surface area contributed by atoms with Gasteiger partial charge in [-0.05, 0) is 48.4 Å². The van der Waals surface area contributed by atoms with E-state index in [1.807, 2.05) is 6.07 Å². The number of ether oxygens (including phenoxy) is 2. The zero-order valence-electron chi connectivity index (χ0n) is 12.9. The Bertz CT molecular complexity index is 909. The number of benzene rings is 2. The molecule has 0 bridgehead atoms. The number of hydrogen-bond donors (Lipinski definition) is 2. The molecule has 2 aromatic rings. The Labute approximate surface area is 139 Å². The van der Waals surface area contributed by atoms with Crippen LogP contribution in [0.15, 0.2) is 41.3 Å². The van der Waals surface area contributed by atoms with Crippen molar-refractivity contribution in [3.63, 3.8) is 0 Å². The number of rotatable bonds is 4. The topological polar surface area (TPSA) is 108 Å². The maximum Gasteiger partial charge on any atom is 0.251 e. The van der Waals surface area contributed by atoms with Gasteiger partial charge in [-0.1, -0.05) is 6.07 Å². The molecule has 0 spiro atoms. The average Bonchev–Trinajstić information content (AvgIpc) is 2.98. The van der Waals surface area contributed by atoms with Crippen LogP contribution in [0.3, 0.4) is 0 Å². The SMILES string of the molecule is Cc1cc(C(=O)NCc2ccc3c(c2)OCO3)cc(S(N)(=O)=O)c1. The lowest BCUT2D eigenvalue weighted by molar-refractivity contribution is 0.0950. The van der Waals surface area contributed by atoms with Crippen LogP contribution >= 0.6 is 0 Å². The predicted molar refractivity (Wildman–Crippen MR) is 86.3 cm³/mol. The van der Waals surface area contributed by atoms with Crippen LogP contribution in [0.4, 0.5) is 0 Å². The van der Waals surface area contributed by atoms with Crippen molar-refractivity contribution in [2.45, 2.75) is 18.4 Å². The quantitative estimate of drug-likeness (QED) is 0.866. The van der Waals surface area contributed by atoms with Crippen LogP contribution < -0.4 is 19.9 Å². The molecule has 7 nitrogen and oxygen atoms in total. The summed E-state index contributed by atoms with van der Waals surface area (Å²) in [6, 6.07) is 9.66. The number of carbonyl (C=O) groups is 1. The fourth-order valence-corrected chi connectivity index (χ4v) is 3.02. The Kier molecular flexibility index (Phi) is 4.16. The smallest absolute Gasteiger partial charge is 0.251 e. The summed E-state index contributed by atoms with van der Waals surface area (Å²) in [4.78, 5) is 12.2. The van der Waals surface area contributed by atoms with Crippen LogP contribution in [0.25, 0.3) is 0 Å². The number of aryl methyl sites for hydroxylation is 1. The van der Waals surface area contributed by atoms with E-state index < -0.39 is 10.0 Å². The van der Waals surface area contributed by atoms with E-state index in [4.69, 9.17) is 14.6 Å². The molecule has 0 aromatic heterocycles. The lowest BCUT2D eigenvalue weighted by Gasteiger charge is -2.08. The van der Waals surface area contributed by atoms with E-state index in [1.54, 1.807) is 25.1 Å². The molecule has 0 aliphatic carbocycles. The second-order valence-electron chi connectivity index (χ2n) is 5.45. The first-order valence-electron chi connectivity index (χ1n) is 7.14. The molecule has 3 N–H and O–H groups in total. The normalized spacial score (nSPS) is 12.9. The zero-order chi connectivity index (χ0) is 17.3. The Morgan fingerprint density at radius 1 is 1.17 bits per heavy atom. The Hall–Kier alpha value is -2.58. The molecule has 126 valence electrons. The molecule has 24 heavy (non-hydrogen) atoms. The van der Waals surface area contributed by atoms with Crippen molar-refractivity contribution < 1.29 is 22.7 Å². The molecule has 1 amide bonds. The standard InChI is InChI=1S/C16H16N2O5S/c1-10-4-12(7-13(5-10)24(17,20)21)16(19)18-8-11-2-3-14-15(6-11)23-9-22-14/h2-7H,8-9H2,1H3,(H,18,19)(H2,17,20,21). The van der Waals surface area contributed by atoms with Crippen LogP contribution in [0.1, 0.15) is 21.5 Å². The van der Waals surface area contributed by atoms with Gasteiger partial charge in [0.15, 0.2) is 11.5 Å². The predicted octanol–water partition coefficient (Wildman–Crippen LogP) is 1.30. The molecule has 0 saturated heterocycles. The fourth-order valence-electron chi connectivity index (χ4n) is 2.38. The minimum absolute atomic E-state index is 0.0873. The van der Waals surface area contributed by atoms with Crippen molar-refractivity contribution in [3.8, 4) is 11.5 Å². The first-order valence-corrected chi connectivity index (χ1v) is 8.69. The molecule has 0 saturated carbocycles. The molecule has 1 aliphatic rings. The largest absolute Gasteiger partial charge is 0.454 e. The summed E-state index contributed by atoms with van der Waals surface area (Å²) in [6.45, 7) is 2.15. The van der Waals surface area contributed by atoms with Gasteiger partial charge in [-0.25, -0.2) is 13.6 Å². The molecule has 0 fully saturated rings. The molecular weight excluding hydrogens is 332 g/mol. The number of hydrogen-bond acceptors (Lipinski definition) is 5. The molecule has 2 aromatic carbocycles. The van der Waals surface area contributed by atoms with Crippen molar-refractivity contribution in [2.75, 3.05) is 6.79 Å². The van der Waals surface area contributed by atoms with E-state index in [0.29, 0.717) is 17.1 Å². The summed E-state index contributed by atoms with van der Waals surface area (Å²) < 4.78 is 33.4. The van der Waals surface area contributed by atoms with Crippen LogP contribution in [-0.2, 0) is 16.6 Å². The summed E-state index contributed by atoms with van der Waals surface area (Å²) in [6.07, 6.45) is 0. The molecule has 1 aliphatic heterocycles. The number of amides is 1. The highest BCUT2D eigenvalue weighted by Gasteiger charge is 2.15. The highest BCUT2D eigenvalue weighted by molar-refractivity contribution is 7.89. The highest BCUT2D eigenvalue weighted by Crippen LogP contribution is 2.32. The summed E-state index contributed by atoms with van der Waals surface area (Å²) in [5, 5.41) is 7.87. The van der Waals surface area contributed by atoms with Crippen molar-refractivity contribution in [1.82, 2.24) is 5.32 Å². The number of carbonyl (C=O) groups excluding carboxylic acids is 1. The molecule has 0 atom stereocenters. The maximum absolute atomic E-state index is 12.3. The highest BCUT2D eigenvalue weighted by atomic mass is 32.2. The number of nitrogens with one attached hydrogen (secondary N) is 1. The van der Waals surface area contributed by atoms with E-state index in [1.165, 1.54) is 12.1 Å². The van der Waals surface area contributed by atoms with Crippen LogP contribution in [0.5, 0.6) is 11.5 Å². The molecular formula is C16H16N2O5S. The Morgan fingerprint density at radius 2 is 1.92 bits per heavy atom. The lowest BCUT2D eigenvalue weighted by atomic mass is 10.1. The van der Waals surface area contributed by atoms with Crippen molar-refractivity contribution in [1.29, 1.82) is 0 Å². The Balaban J connectivity index is 1.74. The van der Waals surface area contributed by atoms with Gasteiger partial charge < -0.3 is 14.8 Å². The van der Waals surface area contributed by atoms with Gasteiger partial charge in [0.25, 0.3) is 5.91 Å². The number of sulfonamides is 1. The first kappa shape index (κ1) is 16.3. The molecule has 3 rings (SSSR count). The first-order chi connectivity index (χ1) is 11.3. The van der Waals surface area contributed by atoms with Gasteiger partial charge >= 0.3 is 0 Å².